The molecule has 0 spiro atoms. The summed E-state index contributed by atoms with van der Waals surface area (Å²) in [4.78, 5) is 4.26. The molecule has 0 aliphatic heterocycles. The molecule has 0 saturated heterocycles. The molecule has 0 aliphatic rings. The van der Waals surface area contributed by atoms with Gasteiger partial charge in [-0.15, -0.1) is 11.3 Å². The summed E-state index contributed by atoms with van der Waals surface area (Å²) in [5, 5.41) is 15.7. The van der Waals surface area contributed by atoms with E-state index in [0.29, 0.717) is 11.6 Å². The Morgan fingerprint density at radius 2 is 2.05 bits per heavy atom. The van der Waals surface area contributed by atoms with Crippen LogP contribution < -0.4 is 5.73 Å². The number of nitrogen functional groups attached to an aromatic ring is 1. The van der Waals surface area contributed by atoms with Crippen molar-refractivity contribution in [2.75, 3.05) is 12.3 Å². The van der Waals surface area contributed by atoms with Crippen molar-refractivity contribution in [1.29, 1.82) is 0 Å². The Labute approximate surface area is 120 Å². The van der Waals surface area contributed by atoms with E-state index >= 15 is 0 Å². The Balaban J connectivity index is 1.85. The van der Waals surface area contributed by atoms with Gasteiger partial charge in [-0.25, -0.2) is 9.67 Å². The van der Waals surface area contributed by atoms with E-state index < -0.39 is 0 Å². The predicted octanol–water partition coefficient (Wildman–Crippen LogP) is 2.11. The Morgan fingerprint density at radius 3 is 2.70 bits per heavy atom. The summed E-state index contributed by atoms with van der Waals surface area (Å²) in [6.45, 7) is 0.135. The maximum absolute atomic E-state index is 8.91. The maximum Gasteiger partial charge on any atom is 0.180 e. The molecule has 0 saturated carbocycles. The van der Waals surface area contributed by atoms with Gasteiger partial charge in [-0.2, -0.15) is 5.10 Å². The third-order valence-corrected chi connectivity index (χ3v) is 3.66. The van der Waals surface area contributed by atoms with Crippen molar-refractivity contribution in [2.24, 2.45) is 0 Å². The van der Waals surface area contributed by atoms with Gasteiger partial charge in [-0.1, -0.05) is 12.1 Å². The largest absolute Gasteiger partial charge is 0.396 e. The highest BCUT2D eigenvalue weighted by atomic mass is 32.1. The zero-order chi connectivity index (χ0) is 13.9. The third kappa shape index (κ3) is 2.56. The average Bonchev–Trinajstić information content (AvgIpc) is 3.09. The second-order valence-electron chi connectivity index (χ2n) is 4.38. The summed E-state index contributed by atoms with van der Waals surface area (Å²) in [6.07, 6.45) is 4.31. The maximum atomic E-state index is 8.91. The molecule has 0 bridgehead atoms. The zero-order valence-corrected chi connectivity index (χ0v) is 11.5. The topological polar surface area (TPSA) is 77.0 Å². The van der Waals surface area contributed by atoms with Gasteiger partial charge in [0.05, 0.1) is 17.6 Å². The van der Waals surface area contributed by atoms with E-state index in [-0.39, 0.29) is 6.61 Å². The summed E-state index contributed by atoms with van der Waals surface area (Å²) < 4.78 is 1.80. The molecule has 0 fully saturated rings. The lowest BCUT2D eigenvalue weighted by Gasteiger charge is -2.02. The van der Waals surface area contributed by atoms with Crippen LogP contribution >= 0.6 is 11.3 Å². The lowest BCUT2D eigenvalue weighted by atomic mass is 10.1. The lowest BCUT2D eigenvalue weighted by molar-refractivity contribution is 0.299. The normalized spacial score (nSPS) is 10.8. The highest BCUT2D eigenvalue weighted by Crippen LogP contribution is 2.24. The number of aliphatic hydroxyl groups is 1. The van der Waals surface area contributed by atoms with Crippen LogP contribution in [-0.2, 0) is 6.42 Å². The molecule has 3 N–H and O–H groups in total. The number of hydrogen-bond acceptors (Lipinski definition) is 5. The number of aromatic nitrogens is 3. The summed E-state index contributed by atoms with van der Waals surface area (Å²) >= 11 is 1.43. The van der Waals surface area contributed by atoms with E-state index in [4.69, 9.17) is 10.8 Å². The van der Waals surface area contributed by atoms with Gasteiger partial charge in [0.25, 0.3) is 0 Å². The van der Waals surface area contributed by atoms with Gasteiger partial charge >= 0.3 is 0 Å². The molecule has 0 radical (unpaired) electrons. The van der Waals surface area contributed by atoms with E-state index in [2.05, 4.69) is 10.1 Å². The smallest absolute Gasteiger partial charge is 0.180 e. The van der Waals surface area contributed by atoms with Crippen LogP contribution in [0.2, 0.25) is 0 Å². The minimum atomic E-state index is 0.135. The highest BCUT2D eigenvalue weighted by molar-refractivity contribution is 7.13. The van der Waals surface area contributed by atoms with E-state index in [1.165, 1.54) is 11.3 Å². The van der Waals surface area contributed by atoms with Crippen LogP contribution in [0.3, 0.4) is 0 Å². The lowest BCUT2D eigenvalue weighted by Crippen LogP contribution is -1.94. The first-order valence-electron chi connectivity index (χ1n) is 6.22. The fraction of sp³-hybridized carbons (Fsp3) is 0.143. The molecule has 0 unspecified atom stereocenters. The fourth-order valence-corrected chi connectivity index (χ4v) is 2.54. The summed E-state index contributed by atoms with van der Waals surface area (Å²) in [5.41, 5.74) is 9.55. The van der Waals surface area contributed by atoms with E-state index in [1.54, 1.807) is 10.9 Å². The Morgan fingerprint density at radius 1 is 1.25 bits per heavy atom. The third-order valence-electron chi connectivity index (χ3n) is 2.99. The minimum absolute atomic E-state index is 0.135. The Bertz CT molecular complexity index is 702. The van der Waals surface area contributed by atoms with Gasteiger partial charge in [0.2, 0.25) is 0 Å². The first-order chi connectivity index (χ1) is 9.76. The molecule has 2 heterocycles. The number of hydrogen-bond donors (Lipinski definition) is 2. The van der Waals surface area contributed by atoms with Gasteiger partial charge in [0.15, 0.2) is 5.13 Å². The second-order valence-corrected chi connectivity index (χ2v) is 5.27. The minimum Gasteiger partial charge on any atom is -0.396 e. The molecule has 0 amide bonds. The van der Waals surface area contributed by atoms with Crippen molar-refractivity contribution in [3.05, 3.63) is 47.6 Å². The second kappa shape index (κ2) is 5.44. The number of thiazole rings is 1. The van der Waals surface area contributed by atoms with Crippen LogP contribution in [0.5, 0.6) is 0 Å². The van der Waals surface area contributed by atoms with Gasteiger partial charge in [-0.05, 0) is 24.1 Å². The molecule has 1 aromatic carbocycles. The van der Waals surface area contributed by atoms with Crippen LogP contribution in [-0.4, -0.2) is 26.5 Å². The summed E-state index contributed by atoms with van der Waals surface area (Å²) in [7, 11) is 0. The van der Waals surface area contributed by atoms with E-state index in [1.807, 2.05) is 35.8 Å². The number of aliphatic hydroxyl groups excluding tert-OH is 1. The monoisotopic (exact) mass is 286 g/mol. The van der Waals surface area contributed by atoms with E-state index in [9.17, 15) is 0 Å². The number of anilines is 1. The SMILES string of the molecule is Nc1nc(-c2ccc(-n3cc(CCO)cn3)cc2)cs1. The molecule has 0 aliphatic carbocycles. The molecule has 3 aromatic rings. The molecule has 2 aromatic heterocycles. The molecule has 102 valence electrons. The van der Waals surface area contributed by atoms with Crippen molar-refractivity contribution in [1.82, 2.24) is 14.8 Å². The van der Waals surface area contributed by atoms with Crippen molar-refractivity contribution in [3.8, 4) is 16.9 Å². The first kappa shape index (κ1) is 12.8. The number of benzene rings is 1. The summed E-state index contributed by atoms with van der Waals surface area (Å²) in [6, 6.07) is 7.97. The van der Waals surface area contributed by atoms with Crippen molar-refractivity contribution in [3.63, 3.8) is 0 Å². The number of nitrogens with two attached hydrogens (primary N) is 1. The number of nitrogens with zero attached hydrogens (tertiary/aromatic N) is 3. The van der Waals surface area contributed by atoms with Crippen molar-refractivity contribution in [2.45, 2.75) is 6.42 Å². The van der Waals surface area contributed by atoms with Gasteiger partial charge < -0.3 is 10.8 Å². The van der Waals surface area contributed by atoms with Crippen LogP contribution in [0.1, 0.15) is 5.56 Å². The molecule has 6 heteroatoms. The molecule has 5 nitrogen and oxygen atoms in total. The van der Waals surface area contributed by atoms with Crippen LogP contribution in [0, 0.1) is 0 Å². The molecule has 20 heavy (non-hydrogen) atoms. The van der Waals surface area contributed by atoms with Crippen molar-refractivity contribution >= 4 is 16.5 Å². The highest BCUT2D eigenvalue weighted by Gasteiger charge is 2.04. The number of rotatable bonds is 4. The predicted molar refractivity (Wildman–Crippen MR) is 79.9 cm³/mol. The molecular weight excluding hydrogens is 272 g/mol. The fourth-order valence-electron chi connectivity index (χ4n) is 1.96. The first-order valence-corrected chi connectivity index (χ1v) is 7.10. The van der Waals surface area contributed by atoms with Gasteiger partial charge in [-0.3, -0.25) is 0 Å². The average molecular weight is 286 g/mol. The molecule has 3 rings (SSSR count). The van der Waals surface area contributed by atoms with Gasteiger partial charge in [0.1, 0.15) is 0 Å². The zero-order valence-electron chi connectivity index (χ0n) is 10.7. The Hall–Kier alpha value is -2.18. The molecule has 0 atom stereocenters. The van der Waals surface area contributed by atoms with Crippen molar-refractivity contribution < 1.29 is 5.11 Å². The Kier molecular flexibility index (Phi) is 3.49. The summed E-state index contributed by atoms with van der Waals surface area (Å²) in [5.74, 6) is 0. The van der Waals surface area contributed by atoms with Crippen LogP contribution in [0.25, 0.3) is 16.9 Å². The van der Waals surface area contributed by atoms with E-state index in [0.717, 1.165) is 22.5 Å². The standard InChI is InChI=1S/C14H14N4OS/c15-14-17-13(9-20-14)11-1-3-12(4-2-11)18-8-10(5-6-19)7-16-18/h1-4,7-9,19H,5-6H2,(H2,15,17). The quantitative estimate of drug-likeness (QED) is 0.770. The van der Waals surface area contributed by atoms with Crippen LogP contribution in [0.15, 0.2) is 42.0 Å². The van der Waals surface area contributed by atoms with Gasteiger partial charge in [0, 0.05) is 23.7 Å². The molecular formula is C14H14N4OS. The van der Waals surface area contributed by atoms with Crippen LogP contribution in [0.4, 0.5) is 5.13 Å².